The highest BCUT2D eigenvalue weighted by Crippen LogP contribution is 2.21. The molecule has 142 valence electrons. The Hall–Kier alpha value is -2.56. The molecule has 0 fully saturated rings. The summed E-state index contributed by atoms with van der Waals surface area (Å²) >= 11 is 1.53. The lowest BCUT2D eigenvalue weighted by molar-refractivity contribution is -0.116. The zero-order chi connectivity index (χ0) is 19.4. The zero-order valence-corrected chi connectivity index (χ0v) is 16.4. The maximum Gasteiger partial charge on any atom is 0.248 e. The smallest absolute Gasteiger partial charge is 0.248 e. The number of rotatable bonds is 7. The molecule has 0 radical (unpaired) electrons. The van der Waals surface area contributed by atoms with E-state index in [0.717, 1.165) is 9.87 Å². The van der Waals surface area contributed by atoms with Crippen LogP contribution in [0.1, 0.15) is 12.3 Å². The predicted molar refractivity (Wildman–Crippen MR) is 102 cm³/mol. The van der Waals surface area contributed by atoms with Gasteiger partial charge in [-0.3, -0.25) is 4.79 Å². The monoisotopic (exact) mass is 406 g/mol. The van der Waals surface area contributed by atoms with Gasteiger partial charge < -0.3 is 9.73 Å². The molecular formula is C17H18N4O4S2. The fraction of sp³-hybridized carbons (Fsp3) is 0.235. The minimum atomic E-state index is -3.49. The number of sulfonamides is 1. The van der Waals surface area contributed by atoms with E-state index in [1.165, 1.54) is 37.6 Å². The van der Waals surface area contributed by atoms with E-state index in [0.29, 0.717) is 23.9 Å². The number of nitrogens with zero attached hydrogens (tertiary/aromatic N) is 3. The lowest BCUT2D eigenvalue weighted by Crippen LogP contribution is -2.22. The van der Waals surface area contributed by atoms with Crippen molar-refractivity contribution in [1.29, 1.82) is 0 Å². The summed E-state index contributed by atoms with van der Waals surface area (Å²) in [7, 11) is -0.562. The number of carbonyl (C=O) groups is 1. The summed E-state index contributed by atoms with van der Waals surface area (Å²) in [6, 6.07) is 7.90. The summed E-state index contributed by atoms with van der Waals surface area (Å²) in [6.45, 7) is 0. The van der Waals surface area contributed by atoms with E-state index in [9.17, 15) is 13.2 Å². The van der Waals surface area contributed by atoms with E-state index in [-0.39, 0.29) is 17.2 Å². The third-order valence-corrected chi connectivity index (χ3v) is 6.23. The Labute approximate surface area is 160 Å². The Morgan fingerprint density at radius 1 is 1.19 bits per heavy atom. The van der Waals surface area contributed by atoms with Crippen LogP contribution in [0.3, 0.4) is 0 Å². The van der Waals surface area contributed by atoms with Gasteiger partial charge in [0, 0.05) is 43.6 Å². The summed E-state index contributed by atoms with van der Waals surface area (Å²) < 4.78 is 30.7. The quantitative estimate of drug-likeness (QED) is 0.647. The Morgan fingerprint density at radius 2 is 1.93 bits per heavy atom. The highest BCUT2D eigenvalue weighted by molar-refractivity contribution is 7.89. The number of aryl methyl sites for hydroxylation is 1. The molecule has 0 saturated carbocycles. The van der Waals surface area contributed by atoms with Gasteiger partial charge in [-0.15, -0.1) is 10.2 Å². The summed E-state index contributed by atoms with van der Waals surface area (Å²) in [5, 5.41) is 14.5. The molecule has 1 N–H and O–H groups in total. The fourth-order valence-corrected chi connectivity index (χ4v) is 3.75. The van der Waals surface area contributed by atoms with Crippen LogP contribution in [-0.4, -0.2) is 42.9 Å². The fourth-order valence-electron chi connectivity index (χ4n) is 2.22. The molecule has 0 bridgehead atoms. The molecule has 0 spiro atoms. The van der Waals surface area contributed by atoms with Crippen molar-refractivity contribution < 1.29 is 17.6 Å². The molecule has 3 aromatic rings. The molecule has 3 rings (SSSR count). The molecule has 0 atom stereocenters. The molecule has 2 aromatic heterocycles. The lowest BCUT2D eigenvalue weighted by Gasteiger charge is -2.11. The average Bonchev–Trinajstić information content (AvgIpc) is 3.32. The van der Waals surface area contributed by atoms with Crippen LogP contribution in [0.4, 0.5) is 5.69 Å². The van der Waals surface area contributed by atoms with Crippen LogP contribution in [0.2, 0.25) is 0 Å². The second-order valence-corrected chi connectivity index (χ2v) is 8.80. The Balaban J connectivity index is 1.55. The van der Waals surface area contributed by atoms with Crippen molar-refractivity contribution in [3.63, 3.8) is 0 Å². The molecule has 0 aliphatic rings. The number of nitrogens with one attached hydrogen (secondary N) is 1. The van der Waals surface area contributed by atoms with E-state index in [1.807, 2.05) is 16.8 Å². The van der Waals surface area contributed by atoms with Gasteiger partial charge in [-0.25, -0.2) is 12.7 Å². The maximum absolute atomic E-state index is 12.1. The van der Waals surface area contributed by atoms with Gasteiger partial charge in [0.1, 0.15) is 0 Å². The first-order valence-corrected chi connectivity index (χ1v) is 10.4. The SMILES string of the molecule is CN(C)S(=O)(=O)c1ccc(NC(=O)CCc2nnc(-c3ccsc3)o2)cc1. The van der Waals surface area contributed by atoms with Gasteiger partial charge in [-0.2, -0.15) is 11.3 Å². The van der Waals surface area contributed by atoms with Crippen LogP contribution >= 0.6 is 11.3 Å². The van der Waals surface area contributed by atoms with E-state index in [1.54, 1.807) is 12.1 Å². The molecule has 0 saturated heterocycles. The molecule has 27 heavy (non-hydrogen) atoms. The topological polar surface area (TPSA) is 105 Å². The minimum absolute atomic E-state index is 0.164. The van der Waals surface area contributed by atoms with Gasteiger partial charge >= 0.3 is 0 Å². The first-order chi connectivity index (χ1) is 12.9. The van der Waals surface area contributed by atoms with Crippen molar-refractivity contribution >= 4 is 33.0 Å². The van der Waals surface area contributed by atoms with Gasteiger partial charge in [0.25, 0.3) is 0 Å². The number of anilines is 1. The summed E-state index contributed by atoms with van der Waals surface area (Å²) in [6.07, 6.45) is 0.485. The highest BCUT2D eigenvalue weighted by atomic mass is 32.2. The van der Waals surface area contributed by atoms with Gasteiger partial charge in [-0.05, 0) is 35.7 Å². The van der Waals surface area contributed by atoms with Crippen LogP contribution < -0.4 is 5.32 Å². The summed E-state index contributed by atoms with van der Waals surface area (Å²) in [4.78, 5) is 12.2. The molecule has 1 amide bonds. The van der Waals surface area contributed by atoms with Gasteiger partial charge in [0.2, 0.25) is 27.7 Å². The number of aromatic nitrogens is 2. The number of thiophene rings is 1. The number of benzene rings is 1. The van der Waals surface area contributed by atoms with Crippen LogP contribution in [0.5, 0.6) is 0 Å². The highest BCUT2D eigenvalue weighted by Gasteiger charge is 2.17. The third-order valence-electron chi connectivity index (χ3n) is 3.72. The van der Waals surface area contributed by atoms with Gasteiger partial charge in [0.15, 0.2) is 0 Å². The molecule has 10 heteroatoms. The van der Waals surface area contributed by atoms with Crippen molar-refractivity contribution in [2.45, 2.75) is 17.7 Å². The zero-order valence-electron chi connectivity index (χ0n) is 14.7. The molecule has 0 aliphatic heterocycles. The molecule has 2 heterocycles. The van der Waals surface area contributed by atoms with Crippen LogP contribution in [0, 0.1) is 0 Å². The first kappa shape index (κ1) is 19.2. The Kier molecular flexibility index (Phi) is 5.68. The lowest BCUT2D eigenvalue weighted by atomic mass is 10.2. The van der Waals surface area contributed by atoms with Crippen molar-refractivity contribution in [3.05, 3.63) is 47.0 Å². The van der Waals surface area contributed by atoms with E-state index in [4.69, 9.17) is 4.42 Å². The largest absolute Gasteiger partial charge is 0.421 e. The second-order valence-electron chi connectivity index (χ2n) is 5.87. The van der Waals surface area contributed by atoms with Crippen LogP contribution in [0.25, 0.3) is 11.5 Å². The molecule has 0 unspecified atom stereocenters. The van der Waals surface area contributed by atoms with Crippen molar-refractivity contribution in [2.75, 3.05) is 19.4 Å². The summed E-state index contributed by atoms with van der Waals surface area (Å²) in [5.41, 5.74) is 1.37. The second kappa shape index (κ2) is 7.99. The van der Waals surface area contributed by atoms with E-state index >= 15 is 0 Å². The Morgan fingerprint density at radius 3 is 2.56 bits per heavy atom. The maximum atomic E-state index is 12.1. The standard InChI is InChI=1S/C17H18N4O4S2/c1-21(2)27(23,24)14-5-3-13(4-6-14)18-15(22)7-8-16-19-20-17(25-16)12-9-10-26-11-12/h3-6,9-11H,7-8H2,1-2H3,(H,18,22). The first-order valence-electron chi connectivity index (χ1n) is 8.03. The molecular weight excluding hydrogens is 388 g/mol. The van der Waals surface area contributed by atoms with Crippen molar-refractivity contribution in [2.24, 2.45) is 0 Å². The third kappa shape index (κ3) is 4.59. The Bertz CT molecular complexity index is 1010. The van der Waals surface area contributed by atoms with Crippen molar-refractivity contribution in [3.8, 4) is 11.5 Å². The van der Waals surface area contributed by atoms with Gasteiger partial charge in [-0.1, -0.05) is 0 Å². The van der Waals surface area contributed by atoms with Crippen LogP contribution in [0.15, 0.2) is 50.4 Å². The van der Waals surface area contributed by atoms with E-state index in [2.05, 4.69) is 15.5 Å². The molecule has 0 aliphatic carbocycles. The van der Waals surface area contributed by atoms with Crippen LogP contribution in [-0.2, 0) is 21.2 Å². The summed E-state index contributed by atoms with van der Waals surface area (Å²) in [5.74, 6) is 0.594. The minimum Gasteiger partial charge on any atom is -0.421 e. The number of hydrogen-bond acceptors (Lipinski definition) is 7. The number of hydrogen-bond donors (Lipinski definition) is 1. The molecule has 8 nitrogen and oxygen atoms in total. The van der Waals surface area contributed by atoms with E-state index < -0.39 is 10.0 Å². The number of amides is 1. The molecule has 1 aromatic carbocycles. The van der Waals surface area contributed by atoms with Gasteiger partial charge in [0.05, 0.1) is 4.90 Å². The average molecular weight is 406 g/mol. The number of carbonyl (C=O) groups excluding carboxylic acids is 1. The van der Waals surface area contributed by atoms with Crippen molar-refractivity contribution in [1.82, 2.24) is 14.5 Å². The normalized spacial score (nSPS) is 11.7. The predicted octanol–water partition coefficient (Wildman–Crippen LogP) is 2.62.